The van der Waals surface area contributed by atoms with E-state index in [0.29, 0.717) is 5.69 Å². The zero-order chi connectivity index (χ0) is 12.8. The lowest BCUT2D eigenvalue weighted by molar-refractivity contribution is 0.0586. The number of ether oxygens (including phenoxy) is 1. The fourth-order valence-electron chi connectivity index (χ4n) is 1.40. The molecule has 0 saturated carbocycles. The Hall–Kier alpha value is -2.49. The van der Waals surface area contributed by atoms with Crippen LogP contribution < -0.4 is 0 Å². The second-order valence-electron chi connectivity index (χ2n) is 3.54. The molecule has 90 valence electrons. The number of esters is 1. The van der Waals surface area contributed by atoms with E-state index in [9.17, 15) is 4.79 Å². The molecule has 0 bridgehead atoms. The molecule has 0 unspecified atom stereocenters. The number of hydrogen-bond acceptors (Lipinski definition) is 4. The molecule has 0 N–H and O–H groups in total. The van der Waals surface area contributed by atoms with E-state index >= 15 is 0 Å². The van der Waals surface area contributed by atoms with E-state index in [0.717, 1.165) is 5.56 Å². The molecular formula is C14H12N2O2. The van der Waals surface area contributed by atoms with Crippen molar-refractivity contribution in [3.63, 3.8) is 0 Å². The van der Waals surface area contributed by atoms with Crippen LogP contribution in [0.5, 0.6) is 0 Å². The maximum atomic E-state index is 11.3. The maximum absolute atomic E-state index is 11.3. The largest absolute Gasteiger partial charge is 0.463 e. The molecule has 0 fully saturated rings. The van der Waals surface area contributed by atoms with Crippen LogP contribution >= 0.6 is 0 Å². The lowest BCUT2D eigenvalue weighted by Gasteiger charge is -1.98. The van der Waals surface area contributed by atoms with Crippen molar-refractivity contribution in [2.75, 3.05) is 7.11 Å². The van der Waals surface area contributed by atoms with Crippen LogP contribution in [0.4, 0.5) is 0 Å². The van der Waals surface area contributed by atoms with Gasteiger partial charge in [-0.2, -0.15) is 0 Å². The highest BCUT2D eigenvalue weighted by Gasteiger charge is 2.07. The summed E-state index contributed by atoms with van der Waals surface area (Å²) in [6, 6.07) is 11.6. The topological polar surface area (TPSA) is 52.1 Å². The van der Waals surface area contributed by atoms with Crippen molar-refractivity contribution >= 4 is 18.1 Å². The minimum Gasteiger partial charge on any atom is -0.463 e. The van der Waals surface area contributed by atoms with E-state index in [2.05, 4.69) is 14.7 Å². The quantitative estimate of drug-likeness (QED) is 0.773. The average molecular weight is 240 g/mol. The van der Waals surface area contributed by atoms with Crippen molar-refractivity contribution in [3.05, 3.63) is 59.7 Å². The van der Waals surface area contributed by atoms with Crippen LogP contribution in [0.2, 0.25) is 0 Å². The Morgan fingerprint density at radius 1 is 1.17 bits per heavy atom. The molecule has 1 heterocycles. The summed E-state index contributed by atoms with van der Waals surface area (Å²) in [7, 11) is 1.30. The third kappa shape index (κ3) is 3.01. The normalized spacial score (nSPS) is 10.5. The van der Waals surface area contributed by atoms with E-state index in [1.54, 1.807) is 6.07 Å². The monoisotopic (exact) mass is 240 g/mol. The van der Waals surface area contributed by atoms with Crippen LogP contribution in [0.15, 0.2) is 42.6 Å². The summed E-state index contributed by atoms with van der Waals surface area (Å²) in [5, 5.41) is 0. The van der Waals surface area contributed by atoms with Crippen molar-refractivity contribution in [3.8, 4) is 0 Å². The highest BCUT2D eigenvalue weighted by Crippen LogP contribution is 2.06. The van der Waals surface area contributed by atoms with Gasteiger partial charge in [-0.05, 0) is 17.7 Å². The van der Waals surface area contributed by atoms with Crippen LogP contribution in [-0.2, 0) is 4.74 Å². The van der Waals surface area contributed by atoms with Crippen LogP contribution in [0, 0.1) is 0 Å². The fourth-order valence-corrected chi connectivity index (χ4v) is 1.40. The van der Waals surface area contributed by atoms with Gasteiger partial charge < -0.3 is 4.74 Å². The number of benzene rings is 1. The van der Waals surface area contributed by atoms with Crippen molar-refractivity contribution < 1.29 is 9.53 Å². The van der Waals surface area contributed by atoms with Crippen LogP contribution in [-0.4, -0.2) is 23.0 Å². The van der Waals surface area contributed by atoms with Gasteiger partial charge in [-0.15, -0.1) is 0 Å². The van der Waals surface area contributed by atoms with Gasteiger partial charge in [-0.25, -0.2) is 14.8 Å². The predicted octanol–water partition coefficient (Wildman–Crippen LogP) is 2.43. The first kappa shape index (κ1) is 12.0. The van der Waals surface area contributed by atoms with E-state index < -0.39 is 5.97 Å². The van der Waals surface area contributed by atoms with Crippen molar-refractivity contribution in [2.45, 2.75) is 0 Å². The van der Waals surface area contributed by atoms with Gasteiger partial charge in [0.25, 0.3) is 0 Å². The SMILES string of the molecule is COC(=O)c1nccc(/C=C/c2ccccc2)n1. The van der Waals surface area contributed by atoms with Gasteiger partial charge in [0.1, 0.15) is 0 Å². The fraction of sp³-hybridized carbons (Fsp3) is 0.0714. The number of carbonyl (C=O) groups is 1. The van der Waals surface area contributed by atoms with Gasteiger partial charge in [0, 0.05) is 6.20 Å². The summed E-state index contributed by atoms with van der Waals surface area (Å²) in [6.45, 7) is 0. The van der Waals surface area contributed by atoms with Gasteiger partial charge in [0.15, 0.2) is 0 Å². The summed E-state index contributed by atoms with van der Waals surface area (Å²) in [5.74, 6) is -0.474. The molecule has 0 aliphatic heterocycles. The zero-order valence-electron chi connectivity index (χ0n) is 9.91. The Balaban J connectivity index is 2.20. The molecule has 0 aliphatic rings. The Labute approximate surface area is 105 Å². The Morgan fingerprint density at radius 3 is 2.67 bits per heavy atom. The summed E-state index contributed by atoms with van der Waals surface area (Å²) < 4.78 is 4.57. The number of carbonyl (C=O) groups excluding carboxylic acids is 1. The number of nitrogens with zero attached hydrogens (tertiary/aromatic N) is 2. The molecule has 0 saturated heterocycles. The van der Waals surface area contributed by atoms with Gasteiger partial charge in [-0.3, -0.25) is 0 Å². The molecule has 0 radical (unpaired) electrons. The number of rotatable bonds is 3. The molecule has 0 atom stereocenters. The van der Waals surface area contributed by atoms with E-state index in [1.165, 1.54) is 13.3 Å². The Morgan fingerprint density at radius 2 is 1.94 bits per heavy atom. The maximum Gasteiger partial charge on any atom is 0.376 e. The van der Waals surface area contributed by atoms with E-state index in [-0.39, 0.29) is 5.82 Å². The summed E-state index contributed by atoms with van der Waals surface area (Å²) in [5.41, 5.74) is 1.73. The van der Waals surface area contributed by atoms with Gasteiger partial charge in [0.05, 0.1) is 12.8 Å². The molecular weight excluding hydrogens is 228 g/mol. The van der Waals surface area contributed by atoms with Crippen LogP contribution in [0.3, 0.4) is 0 Å². The number of methoxy groups -OCH3 is 1. The predicted molar refractivity (Wildman–Crippen MR) is 68.7 cm³/mol. The first-order chi connectivity index (χ1) is 8.79. The smallest absolute Gasteiger partial charge is 0.376 e. The number of aromatic nitrogens is 2. The molecule has 2 rings (SSSR count). The third-order valence-corrected chi connectivity index (χ3v) is 2.29. The molecule has 0 aliphatic carbocycles. The van der Waals surface area contributed by atoms with Crippen LogP contribution in [0.25, 0.3) is 12.2 Å². The summed E-state index contributed by atoms with van der Waals surface area (Å²) >= 11 is 0. The zero-order valence-corrected chi connectivity index (χ0v) is 9.91. The first-order valence-corrected chi connectivity index (χ1v) is 5.44. The minimum atomic E-state index is -0.537. The molecule has 4 heteroatoms. The lowest BCUT2D eigenvalue weighted by Crippen LogP contribution is -2.07. The van der Waals surface area contributed by atoms with Crippen LogP contribution in [0.1, 0.15) is 21.9 Å². The number of hydrogen-bond donors (Lipinski definition) is 0. The molecule has 1 aromatic carbocycles. The summed E-state index contributed by atoms with van der Waals surface area (Å²) in [4.78, 5) is 19.2. The van der Waals surface area contributed by atoms with Crippen molar-refractivity contribution in [2.24, 2.45) is 0 Å². The highest BCUT2D eigenvalue weighted by atomic mass is 16.5. The third-order valence-electron chi connectivity index (χ3n) is 2.29. The molecule has 0 amide bonds. The van der Waals surface area contributed by atoms with E-state index in [1.807, 2.05) is 42.5 Å². The van der Waals surface area contributed by atoms with Gasteiger partial charge in [-0.1, -0.05) is 36.4 Å². The molecule has 1 aromatic heterocycles. The molecule has 4 nitrogen and oxygen atoms in total. The first-order valence-electron chi connectivity index (χ1n) is 5.44. The van der Waals surface area contributed by atoms with Crippen molar-refractivity contribution in [1.82, 2.24) is 9.97 Å². The highest BCUT2D eigenvalue weighted by molar-refractivity contribution is 5.85. The lowest BCUT2D eigenvalue weighted by atomic mass is 10.2. The molecule has 18 heavy (non-hydrogen) atoms. The van der Waals surface area contributed by atoms with Crippen molar-refractivity contribution in [1.29, 1.82) is 0 Å². The summed E-state index contributed by atoms with van der Waals surface area (Å²) in [6.07, 6.45) is 5.27. The second kappa shape index (κ2) is 5.72. The Bertz CT molecular complexity index is 565. The Kier molecular flexibility index (Phi) is 3.81. The molecule has 2 aromatic rings. The second-order valence-corrected chi connectivity index (χ2v) is 3.54. The standard InChI is InChI=1S/C14H12N2O2/c1-18-14(17)13-15-10-9-12(16-13)8-7-11-5-3-2-4-6-11/h2-10H,1H3/b8-7+. The van der Waals surface area contributed by atoms with Gasteiger partial charge >= 0.3 is 5.97 Å². The van der Waals surface area contributed by atoms with E-state index in [4.69, 9.17) is 0 Å². The average Bonchev–Trinajstić information content (AvgIpc) is 2.45. The van der Waals surface area contributed by atoms with Gasteiger partial charge in [0.2, 0.25) is 5.82 Å². The minimum absolute atomic E-state index is 0.0627. The molecule has 0 spiro atoms.